The van der Waals surface area contributed by atoms with Crippen LogP contribution in [0.25, 0.3) is 0 Å². The molecule has 0 fully saturated rings. The third-order valence-electron chi connectivity index (χ3n) is 2.49. The Morgan fingerprint density at radius 2 is 2.25 bits per heavy atom. The van der Waals surface area contributed by atoms with Crippen LogP contribution >= 0.6 is 39.1 Å². The van der Waals surface area contributed by atoms with E-state index in [-0.39, 0.29) is 12.5 Å². The Labute approximate surface area is 134 Å². The Bertz CT molecular complexity index is 607. The van der Waals surface area contributed by atoms with Crippen molar-refractivity contribution in [3.63, 3.8) is 0 Å². The maximum absolute atomic E-state index is 11.9. The number of rotatable bonds is 5. The van der Waals surface area contributed by atoms with Crippen molar-refractivity contribution in [2.24, 2.45) is 0 Å². The first-order valence-electron chi connectivity index (χ1n) is 5.76. The summed E-state index contributed by atoms with van der Waals surface area (Å²) >= 11 is 10.5. The molecule has 106 valence electrons. The molecule has 0 bridgehead atoms. The first kappa shape index (κ1) is 15.4. The van der Waals surface area contributed by atoms with Gasteiger partial charge in [0.15, 0.2) is 0 Å². The van der Waals surface area contributed by atoms with Gasteiger partial charge in [-0.3, -0.25) is 9.69 Å². The number of para-hydroxylation sites is 1. The number of hydrogen-bond donors (Lipinski definition) is 1. The van der Waals surface area contributed by atoms with Crippen molar-refractivity contribution >= 4 is 50.7 Å². The Kier molecular flexibility index (Phi) is 5.47. The molecular weight excluding hydrogens is 364 g/mol. The summed E-state index contributed by atoms with van der Waals surface area (Å²) in [7, 11) is 1.83. The zero-order valence-electron chi connectivity index (χ0n) is 10.6. The van der Waals surface area contributed by atoms with E-state index in [0.29, 0.717) is 16.6 Å². The maximum Gasteiger partial charge on any atom is 0.238 e. The summed E-state index contributed by atoms with van der Waals surface area (Å²) in [6, 6.07) is 7.47. The molecule has 20 heavy (non-hydrogen) atoms. The Morgan fingerprint density at radius 1 is 1.50 bits per heavy atom. The number of benzene rings is 1. The number of likely N-dealkylation sites (N-methyl/N-ethyl adjacent to an activating group) is 1. The van der Waals surface area contributed by atoms with Crippen molar-refractivity contribution in [2.75, 3.05) is 18.9 Å². The number of nitrogens with zero attached hydrogens (tertiary/aromatic N) is 3. The molecule has 0 aliphatic heterocycles. The van der Waals surface area contributed by atoms with Crippen molar-refractivity contribution in [2.45, 2.75) is 6.54 Å². The number of aromatic nitrogens is 2. The summed E-state index contributed by atoms with van der Waals surface area (Å²) in [5.41, 5.74) is 1.44. The SMILES string of the molecule is CN(CC(=O)Nc1ccccc1Br)Cc1nnsc1Cl. The molecule has 1 heterocycles. The molecule has 0 aliphatic carbocycles. The van der Waals surface area contributed by atoms with E-state index in [4.69, 9.17) is 11.6 Å². The summed E-state index contributed by atoms with van der Waals surface area (Å²) in [5, 5.41) is 6.76. The van der Waals surface area contributed by atoms with E-state index in [2.05, 4.69) is 30.8 Å². The molecule has 0 saturated carbocycles. The highest BCUT2D eigenvalue weighted by Crippen LogP contribution is 2.21. The van der Waals surface area contributed by atoms with Gasteiger partial charge in [-0.25, -0.2) is 0 Å². The summed E-state index contributed by atoms with van der Waals surface area (Å²) in [4.78, 5) is 13.8. The van der Waals surface area contributed by atoms with Gasteiger partial charge in [0.1, 0.15) is 10.0 Å². The van der Waals surface area contributed by atoms with Gasteiger partial charge in [-0.2, -0.15) is 0 Å². The number of carbonyl (C=O) groups excluding carboxylic acids is 1. The molecule has 0 spiro atoms. The molecule has 1 amide bonds. The minimum atomic E-state index is -0.0984. The second-order valence-electron chi connectivity index (χ2n) is 4.19. The van der Waals surface area contributed by atoms with Crippen LogP contribution in [-0.4, -0.2) is 34.0 Å². The Balaban J connectivity index is 1.88. The van der Waals surface area contributed by atoms with Crippen LogP contribution in [0.5, 0.6) is 0 Å². The zero-order valence-corrected chi connectivity index (χ0v) is 13.8. The van der Waals surface area contributed by atoms with Crippen molar-refractivity contribution in [1.29, 1.82) is 0 Å². The fourth-order valence-electron chi connectivity index (χ4n) is 1.60. The van der Waals surface area contributed by atoms with Gasteiger partial charge in [-0.05, 0) is 35.1 Å². The van der Waals surface area contributed by atoms with E-state index in [1.807, 2.05) is 36.2 Å². The van der Waals surface area contributed by atoms with Gasteiger partial charge in [0.05, 0.1) is 12.2 Å². The minimum Gasteiger partial charge on any atom is -0.324 e. The normalized spacial score (nSPS) is 10.8. The van der Waals surface area contributed by atoms with Crippen LogP contribution in [0.3, 0.4) is 0 Å². The maximum atomic E-state index is 11.9. The van der Waals surface area contributed by atoms with Crippen LogP contribution in [0.4, 0.5) is 5.69 Å². The van der Waals surface area contributed by atoms with Gasteiger partial charge in [-0.15, -0.1) is 5.10 Å². The molecule has 0 unspecified atom stereocenters. The fourth-order valence-corrected chi connectivity index (χ4v) is 2.60. The smallest absolute Gasteiger partial charge is 0.238 e. The third-order valence-corrected chi connectivity index (χ3v) is 4.17. The topological polar surface area (TPSA) is 58.1 Å². The molecule has 2 aromatic rings. The zero-order chi connectivity index (χ0) is 14.5. The van der Waals surface area contributed by atoms with Crippen molar-refractivity contribution < 1.29 is 4.79 Å². The quantitative estimate of drug-likeness (QED) is 0.873. The van der Waals surface area contributed by atoms with Crippen LogP contribution < -0.4 is 5.32 Å². The average molecular weight is 376 g/mol. The lowest BCUT2D eigenvalue weighted by Crippen LogP contribution is -2.30. The average Bonchev–Trinajstić information content (AvgIpc) is 2.77. The van der Waals surface area contributed by atoms with Crippen molar-refractivity contribution in [1.82, 2.24) is 14.5 Å². The highest BCUT2D eigenvalue weighted by atomic mass is 79.9. The first-order valence-corrected chi connectivity index (χ1v) is 7.70. The molecule has 2 rings (SSSR count). The predicted molar refractivity (Wildman–Crippen MR) is 84.0 cm³/mol. The summed E-state index contributed by atoms with van der Waals surface area (Å²) in [5.74, 6) is -0.0984. The van der Waals surface area contributed by atoms with Crippen LogP contribution in [0.15, 0.2) is 28.7 Å². The number of anilines is 1. The molecule has 8 heteroatoms. The lowest BCUT2D eigenvalue weighted by Gasteiger charge is -2.15. The Morgan fingerprint density at radius 3 is 2.90 bits per heavy atom. The molecule has 0 atom stereocenters. The number of nitrogens with one attached hydrogen (secondary N) is 1. The molecular formula is C12H12BrClN4OS. The number of hydrogen-bond acceptors (Lipinski definition) is 5. The highest BCUT2D eigenvalue weighted by molar-refractivity contribution is 9.10. The van der Waals surface area contributed by atoms with E-state index in [0.717, 1.165) is 21.7 Å². The van der Waals surface area contributed by atoms with E-state index in [1.54, 1.807) is 0 Å². The lowest BCUT2D eigenvalue weighted by atomic mass is 10.3. The number of amides is 1. The predicted octanol–water partition coefficient (Wildman–Crippen LogP) is 3.02. The molecule has 0 saturated heterocycles. The van der Waals surface area contributed by atoms with Gasteiger partial charge in [0.25, 0.3) is 0 Å². The van der Waals surface area contributed by atoms with Crippen LogP contribution in [0.1, 0.15) is 5.69 Å². The monoisotopic (exact) mass is 374 g/mol. The largest absolute Gasteiger partial charge is 0.324 e. The molecule has 1 aromatic carbocycles. The second kappa shape index (κ2) is 7.12. The molecule has 1 N–H and O–H groups in total. The van der Waals surface area contributed by atoms with Crippen LogP contribution in [-0.2, 0) is 11.3 Å². The van der Waals surface area contributed by atoms with Crippen molar-refractivity contribution in [3.05, 3.63) is 38.8 Å². The molecule has 0 aliphatic rings. The van der Waals surface area contributed by atoms with Gasteiger partial charge in [-0.1, -0.05) is 28.2 Å². The van der Waals surface area contributed by atoms with E-state index in [9.17, 15) is 4.79 Å². The molecule has 0 radical (unpaired) electrons. The summed E-state index contributed by atoms with van der Waals surface area (Å²) in [6.45, 7) is 0.730. The van der Waals surface area contributed by atoms with Crippen LogP contribution in [0, 0.1) is 0 Å². The van der Waals surface area contributed by atoms with E-state index < -0.39 is 0 Å². The Hall–Kier alpha value is -1.02. The van der Waals surface area contributed by atoms with Crippen molar-refractivity contribution in [3.8, 4) is 0 Å². The van der Waals surface area contributed by atoms with E-state index in [1.165, 1.54) is 0 Å². The molecule has 1 aromatic heterocycles. The lowest BCUT2D eigenvalue weighted by molar-refractivity contribution is -0.117. The third kappa shape index (κ3) is 4.24. The highest BCUT2D eigenvalue weighted by Gasteiger charge is 2.12. The number of carbonyl (C=O) groups is 1. The van der Waals surface area contributed by atoms with Crippen LogP contribution in [0.2, 0.25) is 4.34 Å². The van der Waals surface area contributed by atoms with Gasteiger partial charge >= 0.3 is 0 Å². The van der Waals surface area contributed by atoms with Gasteiger partial charge in [0.2, 0.25) is 5.91 Å². The van der Waals surface area contributed by atoms with Gasteiger partial charge in [0, 0.05) is 22.5 Å². The van der Waals surface area contributed by atoms with Gasteiger partial charge < -0.3 is 5.32 Å². The number of halogens is 2. The van der Waals surface area contributed by atoms with E-state index >= 15 is 0 Å². The summed E-state index contributed by atoms with van der Waals surface area (Å²) in [6.07, 6.45) is 0. The minimum absolute atomic E-state index is 0.0984. The standard InChI is InChI=1S/C12H12BrClN4OS/c1-18(6-10-12(14)20-17-16-10)7-11(19)15-9-5-3-2-4-8(9)13/h2-5H,6-7H2,1H3,(H,15,19). The first-order chi connectivity index (χ1) is 9.56. The fraction of sp³-hybridized carbons (Fsp3) is 0.250. The second-order valence-corrected chi connectivity index (χ2v) is 6.40. The molecule has 5 nitrogen and oxygen atoms in total. The summed E-state index contributed by atoms with van der Waals surface area (Å²) < 4.78 is 5.17.